The van der Waals surface area contributed by atoms with Gasteiger partial charge in [0.15, 0.2) is 0 Å². The first-order chi connectivity index (χ1) is 10.1. The standard InChI is InChI=1S/C15H12FN3O2/c16-10-6-4-9(5-7-10)8-19-12-3-1-2-11(14(17)20)13(12)15(21)18-19/h1-7H,8H2,(H2,17,20)(H,18,21). The van der Waals surface area contributed by atoms with E-state index in [0.717, 1.165) is 5.56 Å². The van der Waals surface area contributed by atoms with Crippen molar-refractivity contribution in [1.29, 1.82) is 0 Å². The maximum atomic E-state index is 12.9. The quantitative estimate of drug-likeness (QED) is 0.766. The summed E-state index contributed by atoms with van der Waals surface area (Å²) in [5.41, 5.74) is 6.51. The van der Waals surface area contributed by atoms with Crippen molar-refractivity contribution in [3.8, 4) is 0 Å². The summed E-state index contributed by atoms with van der Waals surface area (Å²) < 4.78 is 14.5. The van der Waals surface area contributed by atoms with Gasteiger partial charge in [-0.2, -0.15) is 0 Å². The van der Waals surface area contributed by atoms with Crippen LogP contribution in [-0.4, -0.2) is 15.7 Å². The van der Waals surface area contributed by atoms with Gasteiger partial charge in [0.25, 0.3) is 5.56 Å². The molecule has 3 N–H and O–H groups in total. The molecule has 0 aliphatic carbocycles. The van der Waals surface area contributed by atoms with E-state index in [0.29, 0.717) is 12.1 Å². The van der Waals surface area contributed by atoms with Crippen LogP contribution in [-0.2, 0) is 6.54 Å². The van der Waals surface area contributed by atoms with Gasteiger partial charge in [0.1, 0.15) is 5.82 Å². The van der Waals surface area contributed by atoms with Crippen LogP contribution in [0.2, 0.25) is 0 Å². The molecule has 1 amide bonds. The highest BCUT2D eigenvalue weighted by Gasteiger charge is 2.14. The number of hydrogen-bond acceptors (Lipinski definition) is 2. The molecule has 2 aromatic carbocycles. The van der Waals surface area contributed by atoms with Gasteiger partial charge in [0.05, 0.1) is 23.0 Å². The molecule has 0 aliphatic rings. The average Bonchev–Trinajstić information content (AvgIpc) is 2.78. The second kappa shape index (κ2) is 4.90. The zero-order chi connectivity index (χ0) is 15.0. The number of H-pyrrole nitrogens is 1. The SMILES string of the molecule is NC(=O)c1cccc2c1c(=O)[nH]n2Cc1ccc(F)cc1. The molecule has 0 saturated heterocycles. The van der Waals surface area contributed by atoms with Gasteiger partial charge in [0.2, 0.25) is 5.91 Å². The lowest BCUT2D eigenvalue weighted by atomic mass is 10.1. The molecule has 0 bridgehead atoms. The molecular weight excluding hydrogens is 273 g/mol. The first-order valence-electron chi connectivity index (χ1n) is 6.32. The van der Waals surface area contributed by atoms with Crippen molar-refractivity contribution in [3.05, 3.63) is 69.8 Å². The molecule has 3 rings (SSSR count). The van der Waals surface area contributed by atoms with Crippen LogP contribution < -0.4 is 11.3 Å². The van der Waals surface area contributed by atoms with Gasteiger partial charge in [-0.1, -0.05) is 18.2 Å². The molecule has 0 aliphatic heterocycles. The molecule has 0 radical (unpaired) electrons. The van der Waals surface area contributed by atoms with Crippen molar-refractivity contribution in [2.24, 2.45) is 5.73 Å². The summed E-state index contributed by atoms with van der Waals surface area (Å²) in [6.45, 7) is 0.362. The van der Waals surface area contributed by atoms with Crippen LogP contribution >= 0.6 is 0 Å². The Hall–Kier alpha value is -2.89. The number of nitrogens with two attached hydrogens (primary N) is 1. The number of primary amides is 1. The number of halogens is 1. The Labute approximate surface area is 118 Å². The maximum Gasteiger partial charge on any atom is 0.272 e. The Morgan fingerprint density at radius 1 is 1.19 bits per heavy atom. The number of benzene rings is 2. The summed E-state index contributed by atoms with van der Waals surface area (Å²) in [4.78, 5) is 23.4. The summed E-state index contributed by atoms with van der Waals surface area (Å²) in [6, 6.07) is 10.9. The van der Waals surface area contributed by atoms with E-state index in [4.69, 9.17) is 5.73 Å². The fourth-order valence-corrected chi connectivity index (χ4v) is 2.34. The molecular formula is C15H12FN3O2. The summed E-state index contributed by atoms with van der Waals surface area (Å²) in [7, 11) is 0. The van der Waals surface area contributed by atoms with Gasteiger partial charge in [-0.15, -0.1) is 0 Å². The Morgan fingerprint density at radius 2 is 1.90 bits per heavy atom. The van der Waals surface area contributed by atoms with E-state index < -0.39 is 5.91 Å². The van der Waals surface area contributed by atoms with Crippen molar-refractivity contribution in [2.45, 2.75) is 6.54 Å². The smallest absolute Gasteiger partial charge is 0.272 e. The minimum absolute atomic E-state index is 0.187. The molecule has 0 saturated carbocycles. The van der Waals surface area contributed by atoms with E-state index in [1.165, 1.54) is 18.2 Å². The fraction of sp³-hybridized carbons (Fsp3) is 0.0667. The summed E-state index contributed by atoms with van der Waals surface area (Å²) >= 11 is 0. The highest BCUT2D eigenvalue weighted by molar-refractivity contribution is 6.05. The summed E-state index contributed by atoms with van der Waals surface area (Å²) in [6.07, 6.45) is 0. The first kappa shape index (κ1) is 13.1. The molecule has 3 aromatic rings. The Kier molecular flexibility index (Phi) is 3.06. The second-order valence-electron chi connectivity index (χ2n) is 4.72. The van der Waals surface area contributed by atoms with Crippen LogP contribution in [0.15, 0.2) is 47.3 Å². The number of aromatic nitrogens is 2. The molecule has 106 valence electrons. The molecule has 1 heterocycles. The molecule has 0 spiro atoms. The van der Waals surface area contributed by atoms with Crippen molar-refractivity contribution in [3.63, 3.8) is 0 Å². The topological polar surface area (TPSA) is 80.9 Å². The number of amides is 1. The van der Waals surface area contributed by atoms with Crippen molar-refractivity contribution in [1.82, 2.24) is 9.78 Å². The predicted octanol–water partition coefficient (Wildman–Crippen LogP) is 1.62. The lowest BCUT2D eigenvalue weighted by Crippen LogP contribution is -2.14. The van der Waals surface area contributed by atoms with Crippen molar-refractivity contribution in [2.75, 3.05) is 0 Å². The van der Waals surface area contributed by atoms with Crippen LogP contribution in [0.5, 0.6) is 0 Å². The number of carbonyl (C=O) groups is 1. The second-order valence-corrected chi connectivity index (χ2v) is 4.72. The highest BCUT2D eigenvalue weighted by Crippen LogP contribution is 2.16. The van der Waals surface area contributed by atoms with Crippen LogP contribution in [0.1, 0.15) is 15.9 Å². The normalized spacial score (nSPS) is 10.9. The number of fused-ring (bicyclic) bond motifs is 1. The van der Waals surface area contributed by atoms with E-state index in [1.807, 2.05) is 0 Å². The predicted molar refractivity (Wildman–Crippen MR) is 76.6 cm³/mol. The van der Waals surface area contributed by atoms with E-state index in [9.17, 15) is 14.0 Å². The van der Waals surface area contributed by atoms with E-state index >= 15 is 0 Å². The van der Waals surface area contributed by atoms with Crippen LogP contribution in [0.3, 0.4) is 0 Å². The third kappa shape index (κ3) is 2.31. The molecule has 6 heteroatoms. The fourth-order valence-electron chi connectivity index (χ4n) is 2.34. The molecule has 0 atom stereocenters. The Morgan fingerprint density at radius 3 is 2.57 bits per heavy atom. The monoisotopic (exact) mass is 285 g/mol. The molecule has 21 heavy (non-hydrogen) atoms. The third-order valence-electron chi connectivity index (χ3n) is 3.32. The van der Waals surface area contributed by atoms with Gasteiger partial charge in [0, 0.05) is 0 Å². The number of nitrogens with zero attached hydrogens (tertiary/aromatic N) is 1. The van der Waals surface area contributed by atoms with E-state index in [2.05, 4.69) is 5.10 Å². The van der Waals surface area contributed by atoms with Gasteiger partial charge in [-0.25, -0.2) is 4.39 Å². The van der Waals surface area contributed by atoms with Gasteiger partial charge < -0.3 is 5.73 Å². The third-order valence-corrected chi connectivity index (χ3v) is 3.32. The number of aromatic amines is 1. The zero-order valence-corrected chi connectivity index (χ0v) is 11.0. The van der Waals surface area contributed by atoms with Gasteiger partial charge >= 0.3 is 0 Å². The first-order valence-corrected chi connectivity index (χ1v) is 6.32. The number of nitrogens with one attached hydrogen (secondary N) is 1. The lowest BCUT2D eigenvalue weighted by Gasteiger charge is -2.05. The van der Waals surface area contributed by atoms with Crippen LogP contribution in [0.4, 0.5) is 4.39 Å². The van der Waals surface area contributed by atoms with Crippen LogP contribution in [0, 0.1) is 5.82 Å². The molecule has 5 nitrogen and oxygen atoms in total. The van der Waals surface area contributed by atoms with E-state index in [-0.39, 0.29) is 22.3 Å². The minimum Gasteiger partial charge on any atom is -0.366 e. The Bertz CT molecular complexity index is 878. The molecule has 0 fully saturated rings. The average molecular weight is 285 g/mol. The highest BCUT2D eigenvalue weighted by atomic mass is 19.1. The largest absolute Gasteiger partial charge is 0.366 e. The van der Waals surface area contributed by atoms with Gasteiger partial charge in [-0.05, 0) is 29.8 Å². The van der Waals surface area contributed by atoms with E-state index in [1.54, 1.807) is 28.9 Å². The molecule has 1 aromatic heterocycles. The van der Waals surface area contributed by atoms with Crippen molar-refractivity contribution >= 4 is 16.8 Å². The Balaban J connectivity index is 2.12. The number of carbonyl (C=O) groups excluding carboxylic acids is 1. The number of hydrogen-bond donors (Lipinski definition) is 2. The maximum absolute atomic E-state index is 12.9. The molecule has 0 unspecified atom stereocenters. The number of rotatable bonds is 3. The summed E-state index contributed by atoms with van der Waals surface area (Å²) in [5, 5.41) is 2.94. The van der Waals surface area contributed by atoms with Crippen molar-refractivity contribution < 1.29 is 9.18 Å². The zero-order valence-electron chi connectivity index (χ0n) is 11.0. The minimum atomic E-state index is -0.648. The van der Waals surface area contributed by atoms with Crippen LogP contribution in [0.25, 0.3) is 10.9 Å². The van der Waals surface area contributed by atoms with Gasteiger partial charge in [-0.3, -0.25) is 19.4 Å². The summed E-state index contributed by atoms with van der Waals surface area (Å²) in [5.74, 6) is -0.966. The lowest BCUT2D eigenvalue weighted by molar-refractivity contribution is 0.100.